The van der Waals surface area contributed by atoms with Crippen LogP contribution in [0.25, 0.3) is 11.4 Å². The van der Waals surface area contributed by atoms with Crippen LogP contribution in [-0.2, 0) is 5.54 Å². The minimum absolute atomic E-state index is 0.152. The van der Waals surface area contributed by atoms with Crippen molar-refractivity contribution in [1.29, 1.82) is 0 Å². The molecule has 0 aliphatic heterocycles. The predicted octanol–water partition coefficient (Wildman–Crippen LogP) is 3.00. The van der Waals surface area contributed by atoms with Crippen molar-refractivity contribution in [3.8, 4) is 17.1 Å². The van der Waals surface area contributed by atoms with Gasteiger partial charge in [0.15, 0.2) is 11.6 Å². The summed E-state index contributed by atoms with van der Waals surface area (Å²) in [5.41, 5.74) is 6.48. The van der Waals surface area contributed by atoms with Crippen LogP contribution in [0.3, 0.4) is 0 Å². The molecule has 0 spiro atoms. The number of rotatable bonds is 3. The molecule has 1 heterocycles. The number of benzene rings is 1. The molecule has 5 nitrogen and oxygen atoms in total. The Labute approximate surface area is 122 Å². The Bertz CT molecular complexity index is 636. The second kappa shape index (κ2) is 5.44. The van der Waals surface area contributed by atoms with Gasteiger partial charge in [0.1, 0.15) is 0 Å². The van der Waals surface area contributed by atoms with E-state index < -0.39 is 11.4 Å². The molecule has 0 bridgehead atoms. The van der Waals surface area contributed by atoms with Gasteiger partial charge >= 0.3 is 0 Å². The smallest absolute Gasteiger partial charge is 0.247 e. The molecular formula is C15H18FN3O2. The number of nitrogens with two attached hydrogens (primary N) is 1. The maximum absolute atomic E-state index is 13.4. The fourth-order valence-corrected chi connectivity index (χ4v) is 2.74. The van der Waals surface area contributed by atoms with Crippen LogP contribution in [0.2, 0.25) is 0 Å². The minimum atomic E-state index is -0.534. The van der Waals surface area contributed by atoms with Gasteiger partial charge in [-0.3, -0.25) is 0 Å². The molecule has 112 valence electrons. The first-order valence-electron chi connectivity index (χ1n) is 7.09. The summed E-state index contributed by atoms with van der Waals surface area (Å²) in [6.45, 7) is 0. The van der Waals surface area contributed by atoms with Crippen molar-refractivity contribution in [3.05, 3.63) is 29.9 Å². The van der Waals surface area contributed by atoms with Gasteiger partial charge in [0.2, 0.25) is 11.7 Å². The average Bonchev–Trinajstić information content (AvgIpc) is 2.99. The van der Waals surface area contributed by atoms with Crippen molar-refractivity contribution in [2.45, 2.75) is 37.6 Å². The summed E-state index contributed by atoms with van der Waals surface area (Å²) in [5, 5.41) is 3.97. The van der Waals surface area contributed by atoms with Crippen molar-refractivity contribution < 1.29 is 13.7 Å². The van der Waals surface area contributed by atoms with Gasteiger partial charge in [-0.1, -0.05) is 24.4 Å². The lowest BCUT2D eigenvalue weighted by Gasteiger charge is -2.29. The predicted molar refractivity (Wildman–Crippen MR) is 75.2 cm³/mol. The van der Waals surface area contributed by atoms with Crippen LogP contribution in [0.5, 0.6) is 5.75 Å². The lowest BCUT2D eigenvalue weighted by atomic mass is 9.82. The first-order chi connectivity index (χ1) is 10.1. The second-order valence-electron chi connectivity index (χ2n) is 5.49. The van der Waals surface area contributed by atoms with Crippen LogP contribution >= 0.6 is 0 Å². The van der Waals surface area contributed by atoms with E-state index in [9.17, 15) is 4.39 Å². The fourth-order valence-electron chi connectivity index (χ4n) is 2.74. The normalized spacial score (nSPS) is 17.7. The topological polar surface area (TPSA) is 74.2 Å². The molecule has 3 rings (SSSR count). The van der Waals surface area contributed by atoms with Crippen LogP contribution < -0.4 is 10.5 Å². The minimum Gasteiger partial charge on any atom is -0.494 e. The zero-order valence-corrected chi connectivity index (χ0v) is 11.9. The fraction of sp³-hybridized carbons (Fsp3) is 0.467. The number of aromatic nitrogens is 2. The van der Waals surface area contributed by atoms with Crippen molar-refractivity contribution in [1.82, 2.24) is 10.1 Å². The summed E-state index contributed by atoms with van der Waals surface area (Å²) in [4.78, 5) is 4.40. The van der Waals surface area contributed by atoms with Crippen LogP contribution in [0.4, 0.5) is 4.39 Å². The Morgan fingerprint density at radius 1 is 1.29 bits per heavy atom. The second-order valence-corrected chi connectivity index (χ2v) is 5.49. The van der Waals surface area contributed by atoms with Gasteiger partial charge in [-0.15, -0.1) is 0 Å². The van der Waals surface area contributed by atoms with E-state index in [0.717, 1.165) is 25.7 Å². The molecule has 1 aromatic heterocycles. The highest BCUT2D eigenvalue weighted by Gasteiger charge is 2.35. The van der Waals surface area contributed by atoms with Crippen molar-refractivity contribution in [2.75, 3.05) is 7.11 Å². The molecule has 0 unspecified atom stereocenters. The quantitative estimate of drug-likeness (QED) is 0.941. The third-order valence-corrected chi connectivity index (χ3v) is 4.01. The van der Waals surface area contributed by atoms with Crippen LogP contribution in [0.15, 0.2) is 22.7 Å². The molecule has 0 amide bonds. The summed E-state index contributed by atoms with van der Waals surface area (Å²) in [6.07, 6.45) is 5.02. The van der Waals surface area contributed by atoms with Gasteiger partial charge in [0.25, 0.3) is 0 Å². The van der Waals surface area contributed by atoms with Gasteiger partial charge in [0.05, 0.1) is 12.6 Å². The highest BCUT2D eigenvalue weighted by Crippen LogP contribution is 2.35. The maximum Gasteiger partial charge on any atom is 0.247 e. The Balaban J connectivity index is 1.91. The molecule has 1 fully saturated rings. The molecule has 1 aromatic carbocycles. The van der Waals surface area contributed by atoms with Crippen LogP contribution in [0.1, 0.15) is 38.0 Å². The highest BCUT2D eigenvalue weighted by atomic mass is 19.1. The number of nitrogens with zero attached hydrogens (tertiary/aromatic N) is 2. The first-order valence-corrected chi connectivity index (χ1v) is 7.09. The standard InChI is InChI=1S/C15H18FN3O2/c1-20-12-9-10(5-6-11(12)16)13-18-14(21-19-13)15(17)7-3-2-4-8-15/h5-6,9H,2-4,7-8,17H2,1H3. The molecule has 21 heavy (non-hydrogen) atoms. The van der Waals surface area contributed by atoms with Gasteiger partial charge in [-0.2, -0.15) is 4.98 Å². The molecule has 2 aromatic rings. The highest BCUT2D eigenvalue weighted by molar-refractivity contribution is 5.57. The molecule has 0 atom stereocenters. The molecule has 1 aliphatic rings. The van der Waals surface area contributed by atoms with E-state index in [0.29, 0.717) is 17.3 Å². The van der Waals surface area contributed by atoms with E-state index in [1.807, 2.05) is 0 Å². The molecule has 0 radical (unpaired) electrons. The SMILES string of the molecule is COc1cc(-c2noc(C3(N)CCCCC3)n2)ccc1F. The van der Waals surface area contributed by atoms with Gasteiger partial charge in [0, 0.05) is 5.56 Å². The number of ether oxygens (including phenoxy) is 1. The van der Waals surface area contributed by atoms with Crippen LogP contribution in [0, 0.1) is 5.82 Å². The third kappa shape index (κ3) is 2.63. The van der Waals surface area contributed by atoms with Gasteiger partial charge in [-0.05, 0) is 31.0 Å². The Morgan fingerprint density at radius 3 is 2.76 bits per heavy atom. The Morgan fingerprint density at radius 2 is 2.05 bits per heavy atom. The largest absolute Gasteiger partial charge is 0.494 e. The molecule has 1 saturated carbocycles. The number of halogens is 1. The summed E-state index contributed by atoms with van der Waals surface area (Å²) in [6, 6.07) is 4.47. The van der Waals surface area contributed by atoms with E-state index in [-0.39, 0.29) is 5.75 Å². The summed E-state index contributed by atoms with van der Waals surface area (Å²) >= 11 is 0. The molecule has 0 saturated heterocycles. The zero-order chi connectivity index (χ0) is 14.9. The summed E-state index contributed by atoms with van der Waals surface area (Å²) < 4.78 is 23.7. The Hall–Kier alpha value is -1.95. The molecular weight excluding hydrogens is 273 g/mol. The first kappa shape index (κ1) is 14.0. The van der Waals surface area contributed by atoms with Crippen molar-refractivity contribution in [3.63, 3.8) is 0 Å². The monoisotopic (exact) mass is 291 g/mol. The van der Waals surface area contributed by atoms with E-state index >= 15 is 0 Å². The summed E-state index contributed by atoms with van der Waals surface area (Å²) in [7, 11) is 1.42. The Kier molecular flexibility index (Phi) is 3.63. The zero-order valence-electron chi connectivity index (χ0n) is 11.9. The third-order valence-electron chi connectivity index (χ3n) is 4.01. The van der Waals surface area contributed by atoms with E-state index in [1.165, 1.54) is 19.6 Å². The van der Waals surface area contributed by atoms with E-state index in [4.69, 9.17) is 15.0 Å². The molecule has 2 N–H and O–H groups in total. The number of hydrogen-bond donors (Lipinski definition) is 1. The molecule has 1 aliphatic carbocycles. The number of methoxy groups -OCH3 is 1. The van der Waals surface area contributed by atoms with Crippen LogP contribution in [-0.4, -0.2) is 17.3 Å². The lowest BCUT2D eigenvalue weighted by Crippen LogP contribution is -2.38. The lowest BCUT2D eigenvalue weighted by molar-refractivity contribution is 0.220. The number of hydrogen-bond acceptors (Lipinski definition) is 5. The molecule has 6 heteroatoms. The van der Waals surface area contributed by atoms with E-state index in [1.54, 1.807) is 12.1 Å². The van der Waals surface area contributed by atoms with E-state index in [2.05, 4.69) is 10.1 Å². The van der Waals surface area contributed by atoms with Gasteiger partial charge in [-0.25, -0.2) is 4.39 Å². The van der Waals surface area contributed by atoms with Crippen molar-refractivity contribution in [2.24, 2.45) is 5.73 Å². The van der Waals surface area contributed by atoms with Crippen molar-refractivity contribution >= 4 is 0 Å². The summed E-state index contributed by atoms with van der Waals surface area (Å²) in [5.74, 6) is 0.589. The van der Waals surface area contributed by atoms with Gasteiger partial charge < -0.3 is 15.0 Å². The average molecular weight is 291 g/mol. The maximum atomic E-state index is 13.4.